The third kappa shape index (κ3) is 7.72. The van der Waals surface area contributed by atoms with Crippen molar-refractivity contribution in [3.63, 3.8) is 0 Å². The van der Waals surface area contributed by atoms with E-state index < -0.39 is 30.4 Å². The van der Waals surface area contributed by atoms with E-state index in [1.165, 1.54) is 14.2 Å². The highest BCUT2D eigenvalue weighted by atomic mass is 16.5. The lowest BCUT2D eigenvalue weighted by molar-refractivity contribution is -0.136. The molecule has 4 aromatic heterocycles. The molecule has 5 atom stereocenters. The molecule has 17 nitrogen and oxygen atoms in total. The van der Waals surface area contributed by atoms with Crippen LogP contribution in [0.4, 0.5) is 9.59 Å². The summed E-state index contributed by atoms with van der Waals surface area (Å²) in [6.45, 7) is 8.70. The van der Waals surface area contributed by atoms with Gasteiger partial charge in [0, 0.05) is 46.2 Å². The third-order valence-corrected chi connectivity index (χ3v) is 12.7. The first-order valence-corrected chi connectivity index (χ1v) is 21.8. The summed E-state index contributed by atoms with van der Waals surface area (Å²) in [5, 5.41) is 6.38. The number of imidazole rings is 2. The second-order valence-electron chi connectivity index (χ2n) is 17.4. The number of H-pyrrole nitrogens is 3. The molecule has 0 bridgehead atoms. The smallest absolute Gasteiger partial charge is 0.407 e. The molecule has 0 spiro atoms. The first kappa shape index (κ1) is 42.3. The van der Waals surface area contributed by atoms with Crippen LogP contribution in [-0.4, -0.2) is 98.1 Å². The van der Waals surface area contributed by atoms with E-state index in [9.17, 15) is 19.2 Å². The van der Waals surface area contributed by atoms with Crippen molar-refractivity contribution in [1.29, 1.82) is 0 Å². The summed E-state index contributed by atoms with van der Waals surface area (Å²) < 4.78 is 22.4. The molecule has 4 unspecified atom stereocenters. The molecule has 3 aliphatic heterocycles. The zero-order chi connectivity index (χ0) is 44.8. The molecule has 3 aliphatic rings. The fourth-order valence-corrected chi connectivity index (χ4v) is 9.38. The Morgan fingerprint density at radius 1 is 0.750 bits per heavy atom. The van der Waals surface area contributed by atoms with Crippen molar-refractivity contribution in [3.8, 4) is 39.5 Å². The number of fused-ring (bicyclic) bond motifs is 5. The third-order valence-electron chi connectivity index (χ3n) is 12.7. The van der Waals surface area contributed by atoms with Gasteiger partial charge in [0.1, 0.15) is 35.2 Å². The molecule has 4 amide bonds. The topological polar surface area (TPSA) is 213 Å². The maximum atomic E-state index is 13.8. The quantitative estimate of drug-likeness (QED) is 0.0853. The second-order valence-corrected chi connectivity index (χ2v) is 17.4. The van der Waals surface area contributed by atoms with E-state index in [1.807, 2.05) is 70.2 Å². The number of hydrogen-bond acceptors (Lipinski definition) is 10. The lowest BCUT2D eigenvalue weighted by Gasteiger charge is -2.30. The molecule has 17 heteroatoms. The van der Waals surface area contributed by atoms with E-state index in [1.54, 1.807) is 28.5 Å². The van der Waals surface area contributed by atoms with Gasteiger partial charge in [-0.3, -0.25) is 9.59 Å². The summed E-state index contributed by atoms with van der Waals surface area (Å²) in [6, 6.07) is 14.0. The van der Waals surface area contributed by atoms with Gasteiger partial charge in [0.2, 0.25) is 11.8 Å². The Balaban J connectivity index is 0.997. The second kappa shape index (κ2) is 17.3. The average Bonchev–Trinajstić information content (AvgIpc) is 4.15. The number of rotatable bonds is 11. The van der Waals surface area contributed by atoms with E-state index in [2.05, 4.69) is 31.7 Å². The highest BCUT2D eigenvalue weighted by Gasteiger charge is 2.40. The largest absolute Gasteiger partial charge is 0.477 e. The molecule has 0 radical (unpaired) electrons. The van der Waals surface area contributed by atoms with Crippen molar-refractivity contribution in [2.75, 3.05) is 27.3 Å². The molecule has 2 aromatic carbocycles. The van der Waals surface area contributed by atoms with Gasteiger partial charge in [-0.1, -0.05) is 39.8 Å². The van der Waals surface area contributed by atoms with E-state index >= 15 is 0 Å². The number of benzene rings is 2. The Bertz CT molecular complexity index is 2700. The molecular formula is C47H53N9O8. The molecule has 7 heterocycles. The summed E-state index contributed by atoms with van der Waals surface area (Å²) in [5.41, 5.74) is 7.01. The minimum atomic E-state index is -0.726. The minimum Gasteiger partial charge on any atom is -0.477 e. The van der Waals surface area contributed by atoms with Crippen molar-refractivity contribution >= 4 is 34.9 Å². The fourth-order valence-electron chi connectivity index (χ4n) is 9.38. The van der Waals surface area contributed by atoms with Gasteiger partial charge >= 0.3 is 12.2 Å². The Hall–Kier alpha value is -7.04. The summed E-state index contributed by atoms with van der Waals surface area (Å²) in [4.78, 5) is 75.5. The zero-order valence-electron chi connectivity index (χ0n) is 36.7. The van der Waals surface area contributed by atoms with Crippen LogP contribution in [-0.2, 0) is 19.1 Å². The monoisotopic (exact) mass is 871 g/mol. The molecule has 5 N–H and O–H groups in total. The van der Waals surface area contributed by atoms with Crippen LogP contribution in [0.3, 0.4) is 0 Å². The summed E-state index contributed by atoms with van der Waals surface area (Å²) >= 11 is 0. The predicted octanol–water partition coefficient (Wildman–Crippen LogP) is 7.78. The number of methoxy groups -OCH3 is 2. The van der Waals surface area contributed by atoms with Gasteiger partial charge in [0.05, 0.1) is 62.0 Å². The van der Waals surface area contributed by atoms with Crippen LogP contribution >= 0.6 is 0 Å². The summed E-state index contributed by atoms with van der Waals surface area (Å²) in [5.74, 6) is 2.07. The van der Waals surface area contributed by atoms with E-state index in [0.29, 0.717) is 36.2 Å². The van der Waals surface area contributed by atoms with E-state index in [-0.39, 0.29) is 35.7 Å². The van der Waals surface area contributed by atoms with Gasteiger partial charge in [0.25, 0.3) is 0 Å². The first-order valence-electron chi connectivity index (χ1n) is 21.8. The number of aromatic amines is 3. The number of nitrogens with zero attached hydrogens (tertiary/aromatic N) is 4. The normalized spacial score (nSPS) is 19.0. The van der Waals surface area contributed by atoms with Gasteiger partial charge in [-0.25, -0.2) is 19.6 Å². The van der Waals surface area contributed by atoms with Gasteiger partial charge in [-0.05, 0) is 73.9 Å². The van der Waals surface area contributed by atoms with E-state index in [0.717, 1.165) is 75.9 Å². The number of likely N-dealkylation sites (tertiary alicyclic amines) is 2. The van der Waals surface area contributed by atoms with Crippen LogP contribution in [0, 0.1) is 11.8 Å². The van der Waals surface area contributed by atoms with Crippen LogP contribution < -0.4 is 15.4 Å². The van der Waals surface area contributed by atoms with E-state index in [4.69, 9.17) is 28.6 Å². The van der Waals surface area contributed by atoms with Crippen molar-refractivity contribution < 1.29 is 37.8 Å². The number of ether oxygens (including phenoxy) is 3. The Morgan fingerprint density at radius 2 is 1.31 bits per heavy atom. The average molecular weight is 872 g/mol. The summed E-state index contributed by atoms with van der Waals surface area (Å²) in [6.07, 6.45) is 6.48. The van der Waals surface area contributed by atoms with Crippen molar-refractivity contribution in [1.82, 2.24) is 45.4 Å². The van der Waals surface area contributed by atoms with Crippen LogP contribution in [0.15, 0.2) is 71.6 Å². The van der Waals surface area contributed by atoms with Gasteiger partial charge in [-0.2, -0.15) is 0 Å². The molecule has 334 valence electrons. The van der Waals surface area contributed by atoms with Crippen molar-refractivity contribution in [2.24, 2.45) is 11.8 Å². The first-order chi connectivity index (χ1) is 30.9. The van der Waals surface area contributed by atoms with Crippen LogP contribution in [0.1, 0.15) is 94.5 Å². The Morgan fingerprint density at radius 3 is 1.84 bits per heavy atom. The van der Waals surface area contributed by atoms with Crippen LogP contribution in [0.2, 0.25) is 0 Å². The molecular weight excluding hydrogens is 819 g/mol. The number of amides is 4. The number of aromatic nitrogens is 5. The van der Waals surface area contributed by atoms with Crippen LogP contribution in [0.5, 0.6) is 5.75 Å². The number of carbonyl (C=O) groups is 4. The van der Waals surface area contributed by atoms with Gasteiger partial charge in [0.15, 0.2) is 6.10 Å². The molecule has 0 saturated carbocycles. The fraction of sp³-hybridized carbons (Fsp3) is 0.404. The SMILES string of the molecule is COC(=O)NC(C(=O)N1CCCC1c1ncc(-c2ccc3c(c2)OC(c2ccco2)c2c-3[nH]c3ccc(-c4cnc([C@@H]5CCCN5C(=O)C(NC(=O)OC)C(C)C)[nH]4)cc23)[nH]1)C(C)C. The predicted molar refractivity (Wildman–Crippen MR) is 236 cm³/mol. The van der Waals surface area contributed by atoms with Crippen molar-refractivity contribution in [2.45, 2.75) is 83.6 Å². The van der Waals surface area contributed by atoms with Crippen LogP contribution in [0.25, 0.3) is 44.7 Å². The van der Waals surface area contributed by atoms with Gasteiger partial charge < -0.3 is 54.0 Å². The molecule has 6 aromatic rings. The highest BCUT2D eigenvalue weighted by Crippen LogP contribution is 2.49. The standard InChI is InChI=1S/C47H53N9O8/c1-24(2)38(53-46(59)61-5)44(57)55-17-7-10-33(55)42-48-22-31(51-42)26-14-16-30-29(20-26)37-40(50-30)28-15-13-27(21-36(28)64-41(37)35-12-9-19-63-35)32-23-49-43(52-32)34-11-8-18-56(34)45(58)39(25(3)4)54-47(60)62-6/h9,12-16,19-25,33-34,38-39,41,50H,7-8,10-11,17-18H2,1-6H3,(H,48,51)(H,49,52)(H,53,59)(H,54,60)/t33-,34?,38?,39?,41?/m0/s1. The molecule has 2 saturated heterocycles. The number of alkyl carbamates (subject to hydrolysis) is 2. The number of furan rings is 1. The summed E-state index contributed by atoms with van der Waals surface area (Å²) in [7, 11) is 2.57. The molecule has 0 aliphatic carbocycles. The lowest BCUT2D eigenvalue weighted by atomic mass is 9.94. The number of nitrogens with one attached hydrogen (secondary N) is 5. The zero-order valence-corrected chi connectivity index (χ0v) is 36.7. The highest BCUT2D eigenvalue weighted by molar-refractivity contribution is 5.96. The maximum Gasteiger partial charge on any atom is 0.407 e. The Kier molecular flexibility index (Phi) is 11.4. The van der Waals surface area contributed by atoms with Crippen molar-refractivity contribution in [3.05, 3.63) is 90.2 Å². The number of hydrogen-bond donors (Lipinski definition) is 5. The molecule has 9 rings (SSSR count). The number of carbonyl (C=O) groups excluding carboxylic acids is 4. The maximum absolute atomic E-state index is 13.8. The lowest BCUT2D eigenvalue weighted by Crippen LogP contribution is -2.51. The Labute approximate surface area is 369 Å². The minimum absolute atomic E-state index is 0.136. The molecule has 2 fully saturated rings. The molecule has 64 heavy (non-hydrogen) atoms. The van der Waals surface area contributed by atoms with Gasteiger partial charge in [-0.15, -0.1) is 0 Å².